The third-order valence-electron chi connectivity index (χ3n) is 4.58. The number of carbonyl (C=O) groups excluding carboxylic acids is 4. The van der Waals surface area contributed by atoms with Crippen molar-refractivity contribution < 1.29 is 39.0 Å². The molecule has 0 aliphatic heterocycles. The van der Waals surface area contributed by atoms with Crippen LogP contribution >= 0.6 is 0 Å². The summed E-state index contributed by atoms with van der Waals surface area (Å²) in [4.78, 5) is 75.1. The van der Waals surface area contributed by atoms with Crippen molar-refractivity contribution in [3.63, 3.8) is 0 Å². The first-order valence-electron chi connectivity index (χ1n) is 10.6. The van der Waals surface area contributed by atoms with E-state index in [1.54, 1.807) is 13.8 Å². The Labute approximate surface area is 201 Å². The maximum atomic E-state index is 12.8. The van der Waals surface area contributed by atoms with Gasteiger partial charge in [-0.2, -0.15) is 0 Å². The smallest absolute Gasteiger partial charge is 0.326 e. The molecule has 0 aliphatic rings. The Balaban J connectivity index is 5.42. The van der Waals surface area contributed by atoms with E-state index < -0.39 is 78.5 Å². The Kier molecular flexibility index (Phi) is 13.4. The summed E-state index contributed by atoms with van der Waals surface area (Å²) in [5.74, 6) is -7.16. The van der Waals surface area contributed by atoms with Crippen molar-refractivity contribution in [3.8, 4) is 0 Å². The quantitative estimate of drug-likeness (QED) is 0.0555. The molecule has 0 bridgehead atoms. The number of hydrogen-bond donors (Lipinski definition) is 9. The van der Waals surface area contributed by atoms with Gasteiger partial charge in [-0.15, -0.1) is 0 Å². The minimum Gasteiger partial charge on any atom is -0.481 e. The van der Waals surface area contributed by atoms with Gasteiger partial charge in [-0.05, 0) is 18.8 Å². The predicted molar refractivity (Wildman–Crippen MR) is 122 cm³/mol. The van der Waals surface area contributed by atoms with Crippen LogP contribution < -0.4 is 38.9 Å². The number of guanidine groups is 1. The SMILES string of the molecule is CC(C)C(NC(=O)C(N)CC(=O)O)C(=O)NC(CC(N)=O)C(=O)NC(CCCN=C(N)N)C(=O)O. The lowest BCUT2D eigenvalue weighted by Crippen LogP contribution is -2.59. The highest BCUT2D eigenvalue weighted by molar-refractivity contribution is 5.96. The van der Waals surface area contributed by atoms with Gasteiger partial charge in [0.25, 0.3) is 0 Å². The number of hydrogen-bond acceptors (Lipinski definition) is 8. The molecular weight excluding hydrogens is 468 g/mol. The van der Waals surface area contributed by atoms with Gasteiger partial charge in [0.15, 0.2) is 5.96 Å². The molecule has 0 saturated heterocycles. The minimum absolute atomic E-state index is 0.0543. The fourth-order valence-electron chi connectivity index (χ4n) is 2.78. The molecule has 0 radical (unpaired) electrons. The van der Waals surface area contributed by atoms with E-state index in [4.69, 9.17) is 28.0 Å². The van der Waals surface area contributed by atoms with Crippen molar-refractivity contribution in [2.24, 2.45) is 33.8 Å². The molecular formula is C19H34N8O8. The van der Waals surface area contributed by atoms with Crippen LogP contribution in [0, 0.1) is 5.92 Å². The van der Waals surface area contributed by atoms with Crippen molar-refractivity contribution in [3.05, 3.63) is 0 Å². The number of aliphatic imine (C=N–C) groups is 1. The lowest BCUT2D eigenvalue weighted by atomic mass is 10.0. The summed E-state index contributed by atoms with van der Waals surface area (Å²) in [6, 6.07) is -5.61. The number of nitrogens with one attached hydrogen (secondary N) is 3. The second kappa shape index (κ2) is 15.0. The maximum Gasteiger partial charge on any atom is 0.326 e. The number of aliphatic carboxylic acids is 2. The molecule has 0 spiro atoms. The molecule has 0 heterocycles. The van der Waals surface area contributed by atoms with Crippen molar-refractivity contribution >= 4 is 41.5 Å². The van der Waals surface area contributed by atoms with Crippen LogP contribution in [0.15, 0.2) is 4.99 Å². The molecule has 4 amide bonds. The number of primary amides is 1. The van der Waals surface area contributed by atoms with Crippen LogP contribution in [0.3, 0.4) is 0 Å². The summed E-state index contributed by atoms with van der Waals surface area (Å²) in [6.45, 7) is 3.24. The summed E-state index contributed by atoms with van der Waals surface area (Å²) in [6.07, 6.45) is -1.18. The number of rotatable bonds is 16. The number of carboxylic acid groups (broad SMARTS) is 2. The van der Waals surface area contributed by atoms with Gasteiger partial charge in [0.1, 0.15) is 18.1 Å². The molecule has 16 nitrogen and oxygen atoms in total. The number of amides is 4. The second-order valence-corrected chi connectivity index (χ2v) is 8.01. The highest BCUT2D eigenvalue weighted by Gasteiger charge is 2.32. The van der Waals surface area contributed by atoms with Gasteiger partial charge >= 0.3 is 11.9 Å². The first-order chi connectivity index (χ1) is 16.1. The predicted octanol–water partition coefficient (Wildman–Crippen LogP) is -4.09. The normalized spacial score (nSPS) is 14.1. The maximum absolute atomic E-state index is 12.8. The molecule has 0 aromatic rings. The first-order valence-corrected chi connectivity index (χ1v) is 10.6. The molecule has 4 unspecified atom stereocenters. The van der Waals surface area contributed by atoms with Crippen molar-refractivity contribution in [2.45, 2.75) is 63.7 Å². The number of nitrogens with zero attached hydrogens (tertiary/aromatic N) is 1. The van der Waals surface area contributed by atoms with E-state index in [1.807, 2.05) is 0 Å². The van der Waals surface area contributed by atoms with Crippen LogP contribution in [-0.2, 0) is 28.8 Å². The largest absolute Gasteiger partial charge is 0.481 e. The van der Waals surface area contributed by atoms with E-state index >= 15 is 0 Å². The summed E-state index contributed by atoms with van der Waals surface area (Å²) in [7, 11) is 0. The van der Waals surface area contributed by atoms with Gasteiger partial charge in [-0.25, -0.2) is 4.79 Å². The van der Waals surface area contributed by atoms with Crippen LogP contribution in [-0.4, -0.2) is 82.5 Å². The van der Waals surface area contributed by atoms with Gasteiger partial charge in [0.05, 0.1) is 18.9 Å². The highest BCUT2D eigenvalue weighted by Crippen LogP contribution is 2.06. The molecule has 0 rings (SSSR count). The van der Waals surface area contributed by atoms with Gasteiger partial charge in [-0.1, -0.05) is 13.8 Å². The lowest BCUT2D eigenvalue weighted by molar-refractivity contribution is -0.142. The van der Waals surface area contributed by atoms with E-state index in [-0.39, 0.29) is 25.3 Å². The topological polar surface area (TPSA) is 295 Å². The summed E-state index contributed by atoms with van der Waals surface area (Å²) < 4.78 is 0. The zero-order valence-corrected chi connectivity index (χ0v) is 19.5. The number of carbonyl (C=O) groups is 6. The van der Waals surface area contributed by atoms with E-state index in [9.17, 15) is 33.9 Å². The molecule has 0 aromatic heterocycles. The second-order valence-electron chi connectivity index (χ2n) is 8.01. The first kappa shape index (κ1) is 31.0. The zero-order valence-electron chi connectivity index (χ0n) is 19.5. The van der Waals surface area contributed by atoms with E-state index in [0.717, 1.165) is 0 Å². The molecule has 0 saturated carbocycles. The standard InChI is InChI=1S/C19H34N8O8/c1-8(2)14(27-15(31)9(20)6-13(29)30)17(33)26-11(7-12(21)28)16(32)25-10(18(34)35)4-3-5-24-19(22)23/h8-11,14H,3-7,20H2,1-2H3,(H2,21,28)(H,25,32)(H,26,33)(H,27,31)(H,29,30)(H,34,35)(H4,22,23,24). The molecule has 35 heavy (non-hydrogen) atoms. The van der Waals surface area contributed by atoms with Crippen LogP contribution in [0.25, 0.3) is 0 Å². The molecule has 13 N–H and O–H groups in total. The monoisotopic (exact) mass is 502 g/mol. The number of nitrogens with two attached hydrogens (primary N) is 4. The lowest BCUT2D eigenvalue weighted by Gasteiger charge is -2.26. The fraction of sp³-hybridized carbons (Fsp3) is 0.632. The van der Waals surface area contributed by atoms with Gasteiger partial charge in [-0.3, -0.25) is 29.0 Å². The van der Waals surface area contributed by atoms with Gasteiger partial charge in [0, 0.05) is 6.54 Å². The van der Waals surface area contributed by atoms with Crippen molar-refractivity contribution in [2.75, 3.05) is 6.54 Å². The summed E-state index contributed by atoms with van der Waals surface area (Å²) in [5, 5.41) is 24.9. The molecule has 0 aliphatic carbocycles. The summed E-state index contributed by atoms with van der Waals surface area (Å²) in [5.41, 5.74) is 21.1. The molecule has 0 fully saturated rings. The summed E-state index contributed by atoms with van der Waals surface area (Å²) >= 11 is 0. The molecule has 4 atom stereocenters. The van der Waals surface area contributed by atoms with Crippen LogP contribution in [0.4, 0.5) is 0 Å². The third kappa shape index (κ3) is 12.8. The highest BCUT2D eigenvalue weighted by atomic mass is 16.4. The Morgan fingerprint density at radius 1 is 0.829 bits per heavy atom. The van der Waals surface area contributed by atoms with Crippen LogP contribution in [0.2, 0.25) is 0 Å². The van der Waals surface area contributed by atoms with Gasteiger partial charge < -0.3 is 49.1 Å². The minimum atomic E-state index is -1.55. The van der Waals surface area contributed by atoms with E-state index in [0.29, 0.717) is 0 Å². The van der Waals surface area contributed by atoms with Gasteiger partial charge in [0.2, 0.25) is 23.6 Å². The zero-order chi connectivity index (χ0) is 27.3. The van der Waals surface area contributed by atoms with Crippen LogP contribution in [0.1, 0.15) is 39.5 Å². The molecule has 16 heteroatoms. The fourth-order valence-corrected chi connectivity index (χ4v) is 2.78. The third-order valence-corrected chi connectivity index (χ3v) is 4.58. The van der Waals surface area contributed by atoms with E-state index in [2.05, 4.69) is 20.9 Å². The van der Waals surface area contributed by atoms with Crippen LogP contribution in [0.5, 0.6) is 0 Å². The molecule has 198 valence electrons. The average molecular weight is 503 g/mol. The Morgan fingerprint density at radius 3 is 1.86 bits per heavy atom. The van der Waals surface area contributed by atoms with Crippen molar-refractivity contribution in [1.29, 1.82) is 0 Å². The van der Waals surface area contributed by atoms with Crippen molar-refractivity contribution in [1.82, 2.24) is 16.0 Å². The Morgan fingerprint density at radius 2 is 1.40 bits per heavy atom. The van der Waals surface area contributed by atoms with E-state index in [1.165, 1.54) is 0 Å². The Bertz CT molecular complexity index is 828. The average Bonchev–Trinajstić information content (AvgIpc) is 2.71. The molecule has 0 aromatic carbocycles. The Hall–Kier alpha value is -3.95. The number of carboxylic acids is 2.